The zero-order chi connectivity index (χ0) is 33.4. The van der Waals surface area contributed by atoms with Gasteiger partial charge in [0.05, 0.1) is 28.4 Å². The van der Waals surface area contributed by atoms with Crippen LogP contribution in [-0.4, -0.2) is 56.6 Å². The van der Waals surface area contributed by atoms with Gasteiger partial charge < -0.3 is 34.5 Å². The van der Waals surface area contributed by atoms with E-state index in [0.29, 0.717) is 23.6 Å². The molecule has 8 nitrogen and oxygen atoms in total. The lowest BCUT2D eigenvalue weighted by Gasteiger charge is -2.47. The molecular formula is C41H50N2O6. The van der Waals surface area contributed by atoms with Crippen LogP contribution in [0.25, 0.3) is 0 Å². The number of nitrogens with one attached hydrogen (secondary N) is 1. The Hall–Kier alpha value is -4.40. The Morgan fingerprint density at radius 3 is 2.02 bits per heavy atom. The quantitative estimate of drug-likeness (QED) is 0.187. The van der Waals surface area contributed by atoms with Crippen molar-refractivity contribution in [3.8, 4) is 34.5 Å². The summed E-state index contributed by atoms with van der Waals surface area (Å²) in [6.45, 7) is 2.03. The number of phenols is 2. The van der Waals surface area contributed by atoms with Gasteiger partial charge in [-0.15, -0.1) is 0 Å². The number of rotatable bonds is 7. The van der Waals surface area contributed by atoms with Gasteiger partial charge >= 0.3 is 0 Å². The smallest absolute Gasteiger partial charge is 0.160 e. The molecule has 3 atom stereocenters. The number of ether oxygens (including phenoxy) is 4. The summed E-state index contributed by atoms with van der Waals surface area (Å²) < 4.78 is 21.2. The molecule has 3 aliphatic heterocycles. The molecule has 4 aromatic carbocycles. The Bertz CT molecular complexity index is 1790. The van der Waals surface area contributed by atoms with Crippen LogP contribution in [-0.2, 0) is 25.7 Å². The van der Waals surface area contributed by atoms with E-state index in [4.69, 9.17) is 18.9 Å². The van der Waals surface area contributed by atoms with Crippen molar-refractivity contribution in [2.24, 2.45) is 5.92 Å². The van der Waals surface area contributed by atoms with E-state index >= 15 is 0 Å². The first kappa shape index (κ1) is 34.5. The van der Waals surface area contributed by atoms with Gasteiger partial charge in [-0.2, -0.15) is 0 Å². The van der Waals surface area contributed by atoms with Crippen molar-refractivity contribution in [1.29, 1.82) is 0 Å². The van der Waals surface area contributed by atoms with Gasteiger partial charge in [0.1, 0.15) is 11.5 Å². The minimum atomic E-state index is 0. The van der Waals surface area contributed by atoms with Crippen molar-refractivity contribution in [3.63, 3.8) is 0 Å². The van der Waals surface area contributed by atoms with E-state index in [-0.39, 0.29) is 25.0 Å². The molecule has 0 spiro atoms. The lowest BCUT2D eigenvalue weighted by atomic mass is 9.79. The van der Waals surface area contributed by atoms with Crippen molar-refractivity contribution in [2.75, 3.05) is 41.5 Å². The number of nitrogens with zero attached hydrogens (tertiary/aromatic N) is 1. The molecule has 1 saturated carbocycles. The lowest BCUT2D eigenvalue weighted by Crippen LogP contribution is -2.43. The summed E-state index contributed by atoms with van der Waals surface area (Å²) >= 11 is 0. The van der Waals surface area contributed by atoms with E-state index in [1.807, 2.05) is 24.3 Å². The molecule has 260 valence electrons. The van der Waals surface area contributed by atoms with Gasteiger partial charge in [-0.3, -0.25) is 4.90 Å². The Balaban J connectivity index is 0.000000169. The predicted octanol–water partition coefficient (Wildman–Crippen LogP) is 7.49. The van der Waals surface area contributed by atoms with Crippen molar-refractivity contribution < 1.29 is 29.2 Å². The van der Waals surface area contributed by atoms with Crippen LogP contribution in [0.3, 0.4) is 0 Å². The second-order valence-corrected chi connectivity index (χ2v) is 13.3. The number of aromatic hydroxyl groups is 2. The predicted molar refractivity (Wildman–Crippen MR) is 193 cm³/mol. The molecule has 49 heavy (non-hydrogen) atoms. The van der Waals surface area contributed by atoms with Gasteiger partial charge in [-0.1, -0.05) is 25.6 Å². The first-order valence-electron chi connectivity index (χ1n) is 17.0. The number of methoxy groups -OCH3 is 4. The van der Waals surface area contributed by atoms with Crippen LogP contribution in [0.4, 0.5) is 0 Å². The van der Waals surface area contributed by atoms with E-state index < -0.39 is 0 Å². The number of hydrogen-bond donors (Lipinski definition) is 3. The summed E-state index contributed by atoms with van der Waals surface area (Å²) in [6, 6.07) is 23.4. The third kappa shape index (κ3) is 6.90. The molecule has 0 aromatic heterocycles. The lowest BCUT2D eigenvalue weighted by molar-refractivity contribution is 0.0922. The molecule has 4 aromatic rings. The van der Waals surface area contributed by atoms with Gasteiger partial charge in [0, 0.05) is 24.7 Å². The summed E-state index contributed by atoms with van der Waals surface area (Å²) in [6.07, 6.45) is 6.44. The van der Waals surface area contributed by atoms with Crippen molar-refractivity contribution >= 4 is 0 Å². The summed E-state index contributed by atoms with van der Waals surface area (Å²) in [5.41, 5.74) is 9.17. The molecule has 0 saturated heterocycles. The molecule has 1 aliphatic carbocycles. The molecule has 0 amide bonds. The first-order valence-corrected chi connectivity index (χ1v) is 17.0. The third-order valence-corrected chi connectivity index (χ3v) is 10.5. The molecule has 0 radical (unpaired) electrons. The summed E-state index contributed by atoms with van der Waals surface area (Å²) in [5, 5.41) is 23.8. The summed E-state index contributed by atoms with van der Waals surface area (Å²) in [7, 11) is 6.61. The standard InChI is InChI=1S/C22H25NO3.C18H21NO3.CH4/c1-25-16-5-6-17-14(9-16)7-8-23-19(17)10-15-11-20(24)21(26-2)12-18(15)22(23)13-3-4-13;1-21-14-4-5-15-13(11-14)7-8-19-16(15)9-12-3-6-18(22-2)17(20)10-12;/h5-6,9,11-13,19,22,24H,3-4,7-8,10H2,1-2H3;3-6,10-11,16,19-20H,7-9H2,1-2H3;1H4/t19-,22?;16-;/m00./s1. The van der Waals surface area contributed by atoms with Crippen LogP contribution in [0.15, 0.2) is 66.7 Å². The molecule has 4 aliphatic rings. The van der Waals surface area contributed by atoms with Crippen molar-refractivity contribution in [2.45, 2.75) is 64.1 Å². The van der Waals surface area contributed by atoms with Crippen LogP contribution < -0.4 is 24.3 Å². The number of benzene rings is 4. The SMILES string of the molecule is C.COc1ccc2c(c1)CCN1C(C3CC3)c3cc(OC)c(O)cc3C[C@@H]21.COc1ccc2c(c1)CCN[C@H]2Cc1ccc(OC)c(O)c1. The highest BCUT2D eigenvalue weighted by Gasteiger charge is 2.45. The molecule has 8 heteroatoms. The van der Waals surface area contributed by atoms with Crippen LogP contribution in [0.1, 0.15) is 77.3 Å². The second-order valence-electron chi connectivity index (χ2n) is 13.3. The van der Waals surface area contributed by atoms with Gasteiger partial charge in [-0.05, 0) is 138 Å². The Kier molecular flexibility index (Phi) is 10.3. The van der Waals surface area contributed by atoms with Gasteiger partial charge in [0.15, 0.2) is 23.0 Å². The fraction of sp³-hybridized carbons (Fsp3) is 0.415. The van der Waals surface area contributed by atoms with E-state index in [1.54, 1.807) is 34.5 Å². The zero-order valence-corrected chi connectivity index (χ0v) is 28.3. The normalized spacial score (nSPS) is 20.5. The van der Waals surface area contributed by atoms with Crippen LogP contribution in [0.5, 0.6) is 34.5 Å². The van der Waals surface area contributed by atoms with E-state index in [9.17, 15) is 10.2 Å². The second kappa shape index (κ2) is 14.6. The largest absolute Gasteiger partial charge is 0.504 e. The minimum Gasteiger partial charge on any atom is -0.504 e. The first-order chi connectivity index (χ1) is 23.4. The maximum absolute atomic E-state index is 10.3. The van der Waals surface area contributed by atoms with E-state index in [2.05, 4.69) is 46.6 Å². The molecular weight excluding hydrogens is 616 g/mol. The average Bonchev–Trinajstić information content (AvgIpc) is 3.96. The van der Waals surface area contributed by atoms with Crippen LogP contribution in [0, 0.1) is 5.92 Å². The Labute approximate surface area is 290 Å². The highest BCUT2D eigenvalue weighted by atomic mass is 16.5. The molecule has 3 N–H and O–H groups in total. The topological polar surface area (TPSA) is 92.7 Å². The molecule has 3 heterocycles. The molecule has 8 rings (SSSR count). The van der Waals surface area contributed by atoms with Gasteiger partial charge in [-0.25, -0.2) is 0 Å². The number of phenolic OH excluding ortho intramolecular Hbond substituents is 2. The third-order valence-electron chi connectivity index (χ3n) is 10.5. The van der Waals surface area contributed by atoms with Gasteiger partial charge in [0.2, 0.25) is 0 Å². The van der Waals surface area contributed by atoms with E-state index in [1.165, 1.54) is 46.2 Å². The van der Waals surface area contributed by atoms with E-state index in [0.717, 1.165) is 61.8 Å². The summed E-state index contributed by atoms with van der Waals surface area (Å²) in [4.78, 5) is 2.70. The van der Waals surface area contributed by atoms with Crippen molar-refractivity contribution in [1.82, 2.24) is 10.2 Å². The maximum atomic E-state index is 10.3. The van der Waals surface area contributed by atoms with Crippen LogP contribution >= 0.6 is 0 Å². The number of hydrogen-bond acceptors (Lipinski definition) is 8. The summed E-state index contributed by atoms with van der Waals surface area (Å²) in [5.74, 6) is 4.10. The molecule has 1 fully saturated rings. The Morgan fingerprint density at radius 2 is 1.37 bits per heavy atom. The average molecular weight is 667 g/mol. The highest BCUT2D eigenvalue weighted by Crippen LogP contribution is 2.54. The molecule has 1 unspecified atom stereocenters. The zero-order valence-electron chi connectivity index (χ0n) is 28.3. The monoisotopic (exact) mass is 666 g/mol. The fourth-order valence-electron chi connectivity index (χ4n) is 8.00. The number of fused-ring (bicyclic) bond motifs is 5. The fourth-order valence-corrected chi connectivity index (χ4v) is 8.00. The maximum Gasteiger partial charge on any atom is 0.160 e. The molecule has 0 bridgehead atoms. The minimum absolute atomic E-state index is 0. The van der Waals surface area contributed by atoms with Crippen LogP contribution in [0.2, 0.25) is 0 Å². The van der Waals surface area contributed by atoms with Gasteiger partial charge in [0.25, 0.3) is 0 Å². The van der Waals surface area contributed by atoms with Crippen molar-refractivity contribution in [3.05, 3.63) is 106 Å². The highest BCUT2D eigenvalue weighted by molar-refractivity contribution is 5.51. The Morgan fingerprint density at radius 1 is 0.694 bits per heavy atom.